The first-order chi connectivity index (χ1) is 16.7. The summed E-state index contributed by atoms with van der Waals surface area (Å²) in [6.07, 6.45) is 4.02. The van der Waals surface area contributed by atoms with E-state index in [2.05, 4.69) is 19.6 Å². The average molecular weight is 503 g/mol. The lowest BCUT2D eigenvalue weighted by molar-refractivity contribution is 0.261. The standard InChI is InChI=1S/C25H28F2N4O3S/c1-16(2)31-35(3,32)15-17-10-24-29-23-13-20(21(27)14-28-23)19-7-6-18(26)12-22(19)33-8-4-5-9-34-25(11-17)30-24/h6-7,10-14,16H,4-5,8-9,15H2,1-3H3,(H,28,29,30). The zero-order valence-electron chi connectivity index (χ0n) is 19.9. The first-order valence-corrected chi connectivity index (χ1v) is 13.5. The number of fused-ring (bicyclic) bond motifs is 6. The largest absolute Gasteiger partial charge is 0.493 e. The van der Waals surface area contributed by atoms with Gasteiger partial charge in [-0.1, -0.05) is 0 Å². The third-order valence-electron chi connectivity index (χ3n) is 5.12. The minimum absolute atomic E-state index is 0.0578. The lowest BCUT2D eigenvalue weighted by Crippen LogP contribution is -2.08. The van der Waals surface area contributed by atoms with Crippen molar-refractivity contribution in [2.45, 2.75) is 38.5 Å². The van der Waals surface area contributed by atoms with Crippen molar-refractivity contribution in [1.82, 2.24) is 9.97 Å². The normalized spacial score (nSPS) is 15.4. The van der Waals surface area contributed by atoms with Crippen LogP contribution in [0.15, 0.2) is 47.0 Å². The maximum Gasteiger partial charge on any atom is 0.215 e. The Balaban J connectivity index is 1.76. The molecule has 186 valence electrons. The van der Waals surface area contributed by atoms with Crippen LogP contribution in [0, 0.1) is 11.6 Å². The van der Waals surface area contributed by atoms with E-state index in [0.29, 0.717) is 49.1 Å². The molecule has 0 aliphatic carbocycles. The van der Waals surface area contributed by atoms with Crippen molar-refractivity contribution in [2.24, 2.45) is 4.36 Å². The van der Waals surface area contributed by atoms with Crippen LogP contribution in [0.2, 0.25) is 0 Å². The zero-order chi connectivity index (χ0) is 25.0. The molecule has 2 aromatic heterocycles. The summed E-state index contributed by atoms with van der Waals surface area (Å²) in [5.74, 6) is 0.551. The van der Waals surface area contributed by atoms with Crippen LogP contribution in [0.3, 0.4) is 0 Å². The molecule has 1 aliphatic rings. The van der Waals surface area contributed by atoms with E-state index in [1.54, 1.807) is 18.4 Å². The highest BCUT2D eigenvalue weighted by Gasteiger charge is 2.16. The summed E-state index contributed by atoms with van der Waals surface area (Å²) in [6, 6.07) is 8.96. The molecule has 35 heavy (non-hydrogen) atoms. The summed E-state index contributed by atoms with van der Waals surface area (Å²) in [5.41, 5.74) is 1.38. The van der Waals surface area contributed by atoms with Gasteiger partial charge in [-0.2, -0.15) is 4.98 Å². The molecular weight excluding hydrogens is 474 g/mol. The number of halogens is 2. The maximum atomic E-state index is 14.8. The Kier molecular flexibility index (Phi) is 7.49. The Morgan fingerprint density at radius 1 is 1.06 bits per heavy atom. The van der Waals surface area contributed by atoms with Gasteiger partial charge in [-0.15, -0.1) is 0 Å². The number of hydrogen-bond donors (Lipinski definition) is 1. The number of pyridine rings is 2. The molecular formula is C25H28F2N4O3S. The van der Waals surface area contributed by atoms with E-state index in [1.807, 2.05) is 13.8 Å². The van der Waals surface area contributed by atoms with Crippen molar-refractivity contribution < 1.29 is 22.5 Å². The van der Waals surface area contributed by atoms with Gasteiger partial charge in [0.1, 0.15) is 29.0 Å². The van der Waals surface area contributed by atoms with E-state index in [0.717, 1.165) is 11.8 Å². The second-order valence-corrected chi connectivity index (χ2v) is 11.1. The molecule has 4 bridgehead atoms. The van der Waals surface area contributed by atoms with Crippen molar-refractivity contribution in [3.8, 4) is 22.8 Å². The van der Waals surface area contributed by atoms with Crippen LogP contribution in [-0.2, 0) is 15.5 Å². The maximum absolute atomic E-state index is 14.8. The first-order valence-electron chi connectivity index (χ1n) is 11.4. The predicted octanol–water partition coefficient (Wildman–Crippen LogP) is 5.72. The number of benzene rings is 1. The van der Waals surface area contributed by atoms with Crippen LogP contribution in [-0.4, -0.2) is 39.7 Å². The van der Waals surface area contributed by atoms with Gasteiger partial charge in [-0.25, -0.2) is 22.3 Å². The van der Waals surface area contributed by atoms with E-state index < -0.39 is 21.4 Å². The van der Waals surface area contributed by atoms with Crippen molar-refractivity contribution in [3.63, 3.8) is 0 Å². The van der Waals surface area contributed by atoms with Crippen LogP contribution < -0.4 is 14.8 Å². The molecule has 1 unspecified atom stereocenters. The van der Waals surface area contributed by atoms with Crippen LogP contribution in [0.5, 0.6) is 11.6 Å². The van der Waals surface area contributed by atoms with Crippen molar-refractivity contribution in [1.29, 1.82) is 0 Å². The lowest BCUT2D eigenvalue weighted by atomic mass is 10.0. The molecule has 3 heterocycles. The second-order valence-electron chi connectivity index (χ2n) is 8.72. The molecule has 1 atom stereocenters. The van der Waals surface area contributed by atoms with E-state index >= 15 is 0 Å². The zero-order valence-corrected chi connectivity index (χ0v) is 20.7. The molecule has 0 fully saturated rings. The Morgan fingerprint density at radius 3 is 2.60 bits per heavy atom. The number of nitrogens with zero attached hydrogens (tertiary/aromatic N) is 3. The molecule has 0 radical (unpaired) electrons. The van der Waals surface area contributed by atoms with Crippen LogP contribution in [0.4, 0.5) is 20.4 Å². The number of nitrogens with one attached hydrogen (secondary N) is 1. The van der Waals surface area contributed by atoms with E-state index in [-0.39, 0.29) is 23.1 Å². The smallest absolute Gasteiger partial charge is 0.215 e. The molecule has 1 aliphatic heterocycles. The molecule has 0 amide bonds. The summed E-state index contributed by atoms with van der Waals surface area (Å²) in [6.45, 7) is 4.47. The Labute approximate surface area is 204 Å². The van der Waals surface area contributed by atoms with Crippen LogP contribution in [0.25, 0.3) is 11.1 Å². The van der Waals surface area contributed by atoms with E-state index in [9.17, 15) is 13.0 Å². The monoisotopic (exact) mass is 502 g/mol. The minimum Gasteiger partial charge on any atom is -0.493 e. The third-order valence-corrected chi connectivity index (χ3v) is 6.86. The summed E-state index contributed by atoms with van der Waals surface area (Å²) in [5, 5.41) is 3.08. The molecule has 4 rings (SSSR count). The van der Waals surface area contributed by atoms with E-state index in [1.165, 1.54) is 24.3 Å². The highest BCUT2D eigenvalue weighted by molar-refractivity contribution is 7.92. The number of aromatic nitrogens is 2. The Morgan fingerprint density at radius 2 is 1.83 bits per heavy atom. The number of ether oxygens (including phenoxy) is 2. The fourth-order valence-electron chi connectivity index (χ4n) is 3.82. The highest BCUT2D eigenvalue weighted by atomic mass is 32.2. The minimum atomic E-state index is -2.46. The van der Waals surface area contributed by atoms with Crippen LogP contribution in [0.1, 0.15) is 32.3 Å². The molecule has 0 spiro atoms. The topological polar surface area (TPSA) is 85.7 Å². The van der Waals surface area contributed by atoms with Gasteiger partial charge in [0, 0.05) is 39.2 Å². The summed E-state index contributed by atoms with van der Waals surface area (Å²) < 4.78 is 57.6. The predicted molar refractivity (Wildman–Crippen MR) is 133 cm³/mol. The summed E-state index contributed by atoms with van der Waals surface area (Å²) in [7, 11) is -2.46. The van der Waals surface area contributed by atoms with Gasteiger partial charge in [0.05, 0.1) is 31.2 Å². The number of rotatable bonds is 3. The quantitative estimate of drug-likeness (QED) is 0.493. The van der Waals surface area contributed by atoms with Gasteiger partial charge < -0.3 is 14.8 Å². The van der Waals surface area contributed by atoms with Gasteiger partial charge in [-0.3, -0.25) is 0 Å². The molecule has 0 saturated carbocycles. The molecule has 1 aromatic carbocycles. The Bertz CT molecular complexity index is 1340. The van der Waals surface area contributed by atoms with Crippen molar-refractivity contribution in [3.05, 3.63) is 59.8 Å². The highest BCUT2D eigenvalue weighted by Crippen LogP contribution is 2.34. The third kappa shape index (κ3) is 6.66. The summed E-state index contributed by atoms with van der Waals surface area (Å²) in [4.78, 5) is 8.62. The van der Waals surface area contributed by atoms with Crippen LogP contribution >= 0.6 is 0 Å². The number of anilines is 2. The molecule has 7 nitrogen and oxygen atoms in total. The van der Waals surface area contributed by atoms with Gasteiger partial charge in [-0.05, 0) is 56.5 Å². The number of hydrogen-bond acceptors (Lipinski definition) is 7. The molecule has 1 N–H and O–H groups in total. The average Bonchev–Trinajstić information content (AvgIpc) is 2.76. The molecule has 3 aromatic rings. The van der Waals surface area contributed by atoms with Gasteiger partial charge in [0.15, 0.2) is 0 Å². The SMILES string of the molecule is CC(C)N=S(C)(=O)Cc1cc2nc(c1)OCCCCOc1cc(F)ccc1-c1cc(ncc1F)N2. The van der Waals surface area contributed by atoms with Gasteiger partial charge >= 0.3 is 0 Å². The summed E-state index contributed by atoms with van der Waals surface area (Å²) >= 11 is 0. The Hall–Kier alpha value is -3.27. The fourth-order valence-corrected chi connectivity index (χ4v) is 5.57. The fraction of sp³-hybridized carbons (Fsp3) is 0.360. The van der Waals surface area contributed by atoms with Gasteiger partial charge in [0.2, 0.25) is 5.88 Å². The second kappa shape index (κ2) is 10.6. The van der Waals surface area contributed by atoms with E-state index in [4.69, 9.17) is 9.47 Å². The van der Waals surface area contributed by atoms with Crippen molar-refractivity contribution >= 4 is 21.4 Å². The molecule has 10 heteroatoms. The van der Waals surface area contributed by atoms with Crippen molar-refractivity contribution in [2.75, 3.05) is 24.8 Å². The lowest BCUT2D eigenvalue weighted by Gasteiger charge is -2.14. The first kappa shape index (κ1) is 24.8. The van der Waals surface area contributed by atoms with Gasteiger partial charge in [0.25, 0.3) is 0 Å². The molecule has 0 saturated heterocycles.